The highest BCUT2D eigenvalue weighted by Gasteiger charge is 2.34. The molecule has 0 spiro atoms. The molecule has 4 amide bonds. The second-order valence-corrected chi connectivity index (χ2v) is 13.2. The molecular weight excluding hydrogens is 586 g/mol. The van der Waals surface area contributed by atoms with E-state index in [0.717, 1.165) is 4.70 Å². The number of ketones is 1. The number of benzene rings is 1. The fraction of sp³-hybridized carbons (Fsp3) is 0.613. The zero-order valence-electron chi connectivity index (χ0n) is 25.7. The van der Waals surface area contributed by atoms with E-state index in [0.29, 0.717) is 51.0 Å². The largest absolute Gasteiger partial charge is 0.444 e. The van der Waals surface area contributed by atoms with Crippen LogP contribution in [0, 0.1) is 17.8 Å². The lowest BCUT2D eigenvalue weighted by atomic mass is 9.95. The van der Waals surface area contributed by atoms with Gasteiger partial charge in [-0.25, -0.2) is 9.78 Å². The molecule has 2 unspecified atom stereocenters. The molecule has 0 radical (unpaired) electrons. The Balaban J connectivity index is 1.48. The minimum absolute atomic E-state index is 0.0319. The van der Waals surface area contributed by atoms with Crippen molar-refractivity contribution in [2.75, 3.05) is 19.8 Å². The molecule has 240 valence electrons. The van der Waals surface area contributed by atoms with Crippen molar-refractivity contribution in [1.29, 1.82) is 0 Å². The van der Waals surface area contributed by atoms with Crippen molar-refractivity contribution in [3.63, 3.8) is 0 Å². The highest BCUT2D eigenvalue weighted by molar-refractivity contribution is 7.20. The van der Waals surface area contributed by atoms with Crippen molar-refractivity contribution >= 4 is 51.2 Å². The molecule has 0 aliphatic carbocycles. The number of nitrogens with one attached hydrogen (secondary N) is 4. The minimum atomic E-state index is -0.967. The lowest BCUT2D eigenvalue weighted by molar-refractivity contribution is -0.131. The van der Waals surface area contributed by atoms with Crippen LogP contribution in [0.25, 0.3) is 10.2 Å². The Morgan fingerprint density at radius 3 is 2.43 bits per heavy atom. The number of nitrogens with zero attached hydrogens (tertiary/aromatic N) is 1. The minimum Gasteiger partial charge on any atom is -0.444 e. The van der Waals surface area contributed by atoms with E-state index in [1.54, 1.807) is 13.8 Å². The number of carbonyl (C=O) groups is 5. The van der Waals surface area contributed by atoms with E-state index in [4.69, 9.17) is 9.47 Å². The second-order valence-electron chi connectivity index (χ2n) is 12.2. The van der Waals surface area contributed by atoms with E-state index in [-0.39, 0.29) is 47.0 Å². The normalized spacial score (nSPS) is 20.3. The number of hydrogen-bond acceptors (Lipinski definition) is 9. The monoisotopic (exact) mass is 629 g/mol. The Kier molecular flexibility index (Phi) is 11.7. The van der Waals surface area contributed by atoms with E-state index in [9.17, 15) is 24.0 Å². The van der Waals surface area contributed by atoms with Crippen LogP contribution in [0.1, 0.15) is 69.6 Å². The van der Waals surface area contributed by atoms with Gasteiger partial charge in [-0.15, -0.1) is 11.3 Å². The van der Waals surface area contributed by atoms with Crippen molar-refractivity contribution in [3.8, 4) is 0 Å². The van der Waals surface area contributed by atoms with Crippen LogP contribution in [-0.2, 0) is 23.9 Å². The summed E-state index contributed by atoms with van der Waals surface area (Å²) in [4.78, 5) is 70.1. The summed E-state index contributed by atoms with van der Waals surface area (Å²) in [7, 11) is 0. The lowest BCUT2D eigenvalue weighted by Crippen LogP contribution is -2.57. The van der Waals surface area contributed by atoms with Crippen LogP contribution in [0.2, 0.25) is 0 Å². The van der Waals surface area contributed by atoms with E-state index in [2.05, 4.69) is 26.3 Å². The average Bonchev–Trinajstić information content (AvgIpc) is 3.74. The van der Waals surface area contributed by atoms with Gasteiger partial charge in [-0.3, -0.25) is 19.2 Å². The fourth-order valence-electron chi connectivity index (χ4n) is 5.37. The van der Waals surface area contributed by atoms with Crippen LogP contribution >= 0.6 is 11.3 Å². The first-order chi connectivity index (χ1) is 21.0. The van der Waals surface area contributed by atoms with Crippen molar-refractivity contribution in [3.05, 3.63) is 29.3 Å². The van der Waals surface area contributed by atoms with Gasteiger partial charge < -0.3 is 30.7 Å². The average molecular weight is 630 g/mol. The molecular formula is C31H43N5O7S. The molecule has 2 fully saturated rings. The van der Waals surface area contributed by atoms with Gasteiger partial charge >= 0.3 is 6.09 Å². The van der Waals surface area contributed by atoms with Gasteiger partial charge in [-0.2, -0.15) is 0 Å². The third-order valence-electron chi connectivity index (χ3n) is 7.83. The first-order valence-corrected chi connectivity index (χ1v) is 16.2. The molecule has 4 N–H and O–H groups in total. The highest BCUT2D eigenvalue weighted by atomic mass is 32.1. The third-order valence-corrected chi connectivity index (χ3v) is 8.88. The molecule has 4 rings (SSSR count). The topological polar surface area (TPSA) is 165 Å². The van der Waals surface area contributed by atoms with Gasteiger partial charge in [-0.05, 0) is 49.7 Å². The van der Waals surface area contributed by atoms with Gasteiger partial charge in [0, 0.05) is 18.9 Å². The van der Waals surface area contributed by atoms with E-state index < -0.39 is 36.0 Å². The first kappa shape index (κ1) is 33.3. The lowest BCUT2D eigenvalue weighted by Gasteiger charge is -2.27. The number of aromatic nitrogens is 1. The fourth-order valence-corrected chi connectivity index (χ4v) is 6.33. The maximum Gasteiger partial charge on any atom is 0.408 e. The first-order valence-electron chi connectivity index (χ1n) is 15.3. The second kappa shape index (κ2) is 15.4. The van der Waals surface area contributed by atoms with Gasteiger partial charge in [0.15, 0.2) is 5.01 Å². The molecule has 0 saturated carbocycles. The molecule has 1 aromatic carbocycles. The SMILES string of the molecule is CC(C)C[C@H](NC(=O)[C@@H](NC(=O)OC1CCOC1)C(C)C)C(=O)N[C@@H](CCC1CCNC1=O)C(=O)c1nc2ccccc2s1. The molecule has 2 aliphatic rings. The predicted octanol–water partition coefficient (Wildman–Crippen LogP) is 2.95. The van der Waals surface area contributed by atoms with Crippen molar-refractivity contribution in [2.24, 2.45) is 17.8 Å². The molecule has 2 saturated heterocycles. The molecule has 12 nitrogen and oxygen atoms in total. The number of fused-ring (bicyclic) bond motifs is 1. The number of amides is 4. The van der Waals surface area contributed by atoms with Crippen LogP contribution in [0.15, 0.2) is 24.3 Å². The third kappa shape index (κ3) is 8.98. The predicted molar refractivity (Wildman–Crippen MR) is 165 cm³/mol. The van der Waals surface area contributed by atoms with E-state index in [1.165, 1.54) is 11.3 Å². The number of alkyl carbamates (subject to hydrolysis) is 1. The Bertz CT molecular complexity index is 1310. The maximum atomic E-state index is 13.7. The number of rotatable bonds is 14. The smallest absolute Gasteiger partial charge is 0.408 e. The number of para-hydroxylation sites is 1. The van der Waals surface area contributed by atoms with Crippen LogP contribution in [0.5, 0.6) is 0 Å². The summed E-state index contributed by atoms with van der Waals surface area (Å²) in [6.07, 6.45) is 1.13. The van der Waals surface area contributed by atoms with Crippen molar-refractivity contribution in [2.45, 2.75) is 84.0 Å². The van der Waals surface area contributed by atoms with Crippen LogP contribution < -0.4 is 21.3 Å². The van der Waals surface area contributed by atoms with Gasteiger partial charge in [0.2, 0.25) is 23.5 Å². The molecule has 3 heterocycles. The zero-order chi connectivity index (χ0) is 31.8. The van der Waals surface area contributed by atoms with E-state index >= 15 is 0 Å². The summed E-state index contributed by atoms with van der Waals surface area (Å²) >= 11 is 1.25. The molecule has 13 heteroatoms. The Hall–Kier alpha value is -3.58. The molecule has 2 aromatic rings. The standard InChI is InChI=1S/C31H43N5O7S/c1-17(2)15-23(34-29(40)25(18(3)4)36-31(41)43-20-12-14-42-16-20)28(39)33-22(10-9-19-11-13-32-27(19)38)26(37)30-35-21-7-5-6-8-24(21)44-30/h5-8,17-20,22-23,25H,9-16H2,1-4H3,(H,32,38)(H,33,39)(H,34,40)(H,36,41)/t19?,20?,22-,23-,25-/m0/s1. The Labute approximate surface area is 261 Å². The number of thiazole rings is 1. The number of Topliss-reactive ketones (excluding diaryl/α,β-unsaturated/α-hetero) is 1. The molecule has 0 bridgehead atoms. The summed E-state index contributed by atoms with van der Waals surface area (Å²) in [6, 6.07) is 4.56. The van der Waals surface area contributed by atoms with Crippen LogP contribution in [0.3, 0.4) is 0 Å². The van der Waals surface area contributed by atoms with Gasteiger partial charge in [-0.1, -0.05) is 39.8 Å². The summed E-state index contributed by atoms with van der Waals surface area (Å²) in [5.74, 6) is -1.95. The summed E-state index contributed by atoms with van der Waals surface area (Å²) < 4.78 is 11.5. The van der Waals surface area contributed by atoms with Gasteiger partial charge in [0.05, 0.1) is 29.5 Å². The number of hydrogen-bond donors (Lipinski definition) is 4. The van der Waals surface area contributed by atoms with Gasteiger partial charge in [0.25, 0.3) is 0 Å². The number of carbonyl (C=O) groups excluding carboxylic acids is 5. The van der Waals surface area contributed by atoms with Crippen LogP contribution in [0.4, 0.5) is 4.79 Å². The molecule has 1 aromatic heterocycles. The van der Waals surface area contributed by atoms with Gasteiger partial charge in [0.1, 0.15) is 18.2 Å². The summed E-state index contributed by atoms with van der Waals surface area (Å²) in [5, 5.41) is 11.4. The van der Waals surface area contributed by atoms with E-state index in [1.807, 2.05) is 38.1 Å². The van der Waals surface area contributed by atoms with Crippen molar-refractivity contribution < 1.29 is 33.4 Å². The molecule has 44 heavy (non-hydrogen) atoms. The zero-order valence-corrected chi connectivity index (χ0v) is 26.5. The highest BCUT2D eigenvalue weighted by Crippen LogP contribution is 2.25. The Morgan fingerprint density at radius 1 is 1.05 bits per heavy atom. The summed E-state index contributed by atoms with van der Waals surface area (Å²) in [6.45, 7) is 8.82. The maximum absolute atomic E-state index is 13.7. The molecule has 2 aliphatic heterocycles. The van der Waals surface area contributed by atoms with Crippen molar-refractivity contribution in [1.82, 2.24) is 26.3 Å². The molecule has 5 atom stereocenters. The van der Waals surface area contributed by atoms with Crippen LogP contribution in [-0.4, -0.2) is 78.6 Å². The quantitative estimate of drug-likeness (QED) is 0.232. The number of ether oxygens (including phenoxy) is 2. The Morgan fingerprint density at radius 2 is 1.80 bits per heavy atom. The summed E-state index contributed by atoms with van der Waals surface area (Å²) in [5.41, 5.74) is 0.692.